The number of ether oxygens (including phenoxy) is 1. The monoisotopic (exact) mass is 381 g/mol. The van der Waals surface area contributed by atoms with Gasteiger partial charge in [-0.25, -0.2) is 0 Å². The summed E-state index contributed by atoms with van der Waals surface area (Å²) in [6, 6.07) is 3.02. The lowest BCUT2D eigenvalue weighted by Gasteiger charge is -2.06. The fourth-order valence-corrected chi connectivity index (χ4v) is 2.35. The minimum absolute atomic E-state index is 0.160. The molecule has 0 aliphatic carbocycles. The lowest BCUT2D eigenvalue weighted by atomic mass is 10.2. The van der Waals surface area contributed by atoms with Crippen LogP contribution >= 0.6 is 24.2 Å². The summed E-state index contributed by atoms with van der Waals surface area (Å²) in [6.07, 6.45) is -4.75. The molecule has 12 heteroatoms. The van der Waals surface area contributed by atoms with E-state index in [1.165, 1.54) is 0 Å². The fourth-order valence-electron chi connectivity index (χ4n) is 1.87. The molecule has 0 saturated heterocycles. The van der Waals surface area contributed by atoms with Crippen LogP contribution < -0.4 is 4.74 Å². The maximum atomic E-state index is 12.8. The molecule has 0 unspecified atom stereocenters. The Balaban J connectivity index is 2.45. The standard InChI is InChI=1S/C12H7ClF3N3O4S/c1-18-9(12(14,15)16)8(13)10(17-18)23-5-2-3-7(19(21)22)6(4-5)11(20)24/h2-4H,1H3,(H,20,24). The number of carbonyl (C=O) groups excluding carboxylic acids is 1. The second-order valence-electron chi connectivity index (χ2n) is 4.43. The van der Waals surface area contributed by atoms with Crippen molar-refractivity contribution in [2.45, 2.75) is 6.18 Å². The zero-order valence-electron chi connectivity index (χ0n) is 11.7. The lowest BCUT2D eigenvalue weighted by Crippen LogP contribution is -2.12. The Morgan fingerprint density at radius 2 is 2.08 bits per heavy atom. The molecule has 0 aliphatic rings. The van der Waals surface area contributed by atoms with Crippen LogP contribution in [0.3, 0.4) is 0 Å². The molecule has 0 aliphatic heterocycles. The number of benzene rings is 1. The Labute approximate surface area is 142 Å². The summed E-state index contributed by atoms with van der Waals surface area (Å²) < 4.78 is 44.1. The first kappa shape index (κ1) is 18.1. The Morgan fingerprint density at radius 3 is 2.54 bits per heavy atom. The van der Waals surface area contributed by atoms with Crippen molar-refractivity contribution in [1.29, 1.82) is 0 Å². The molecular formula is C12H7ClF3N3O4S. The number of thiol groups is 1. The molecule has 1 heterocycles. The minimum atomic E-state index is -4.75. The summed E-state index contributed by atoms with van der Waals surface area (Å²) in [7, 11) is 1.03. The maximum Gasteiger partial charge on any atom is 0.434 e. The smallest absolute Gasteiger partial charge is 0.434 e. The van der Waals surface area contributed by atoms with Gasteiger partial charge >= 0.3 is 6.18 Å². The van der Waals surface area contributed by atoms with Crippen molar-refractivity contribution in [1.82, 2.24) is 9.78 Å². The molecule has 0 saturated carbocycles. The van der Waals surface area contributed by atoms with E-state index in [-0.39, 0.29) is 11.3 Å². The normalized spacial score (nSPS) is 11.4. The number of nitro benzene ring substituents is 1. The number of halogens is 4. The Bertz CT molecular complexity index is 838. The van der Waals surface area contributed by atoms with Crippen LogP contribution in [-0.4, -0.2) is 19.8 Å². The van der Waals surface area contributed by atoms with Crippen LogP contribution in [0.2, 0.25) is 5.02 Å². The highest BCUT2D eigenvalue weighted by Gasteiger charge is 2.39. The molecule has 24 heavy (non-hydrogen) atoms. The predicted molar refractivity (Wildman–Crippen MR) is 79.7 cm³/mol. The van der Waals surface area contributed by atoms with Gasteiger partial charge in [0.2, 0.25) is 5.12 Å². The number of rotatable bonds is 4. The predicted octanol–water partition coefficient (Wildman–Crippen LogP) is 3.86. The zero-order chi connectivity index (χ0) is 18.2. The van der Waals surface area contributed by atoms with E-state index in [1.807, 2.05) is 0 Å². The largest absolute Gasteiger partial charge is 0.436 e. The van der Waals surface area contributed by atoms with E-state index >= 15 is 0 Å². The van der Waals surface area contributed by atoms with Gasteiger partial charge in [0.25, 0.3) is 11.6 Å². The molecule has 0 spiro atoms. The van der Waals surface area contributed by atoms with Gasteiger partial charge < -0.3 is 4.74 Å². The molecule has 128 valence electrons. The number of nitrogens with zero attached hydrogens (tertiary/aromatic N) is 3. The summed E-state index contributed by atoms with van der Waals surface area (Å²) >= 11 is 9.14. The van der Waals surface area contributed by atoms with Gasteiger partial charge in [-0.15, -0.1) is 17.7 Å². The van der Waals surface area contributed by atoms with Crippen LogP contribution in [-0.2, 0) is 13.2 Å². The molecule has 1 aromatic carbocycles. The summed E-state index contributed by atoms with van der Waals surface area (Å²) in [6.45, 7) is 0. The Morgan fingerprint density at radius 1 is 1.46 bits per heavy atom. The van der Waals surface area contributed by atoms with Crippen LogP contribution in [0.5, 0.6) is 11.6 Å². The van der Waals surface area contributed by atoms with E-state index in [0.29, 0.717) is 4.68 Å². The second kappa shape index (κ2) is 6.32. The van der Waals surface area contributed by atoms with Crippen molar-refractivity contribution >= 4 is 35.0 Å². The SMILES string of the molecule is Cn1nc(Oc2ccc([N+](=O)[O-])c(C(=O)S)c2)c(Cl)c1C(F)(F)F. The third kappa shape index (κ3) is 3.46. The highest BCUT2D eigenvalue weighted by Crippen LogP contribution is 2.40. The van der Waals surface area contributed by atoms with Gasteiger partial charge in [0, 0.05) is 13.1 Å². The first-order valence-electron chi connectivity index (χ1n) is 6.01. The summed E-state index contributed by atoms with van der Waals surface area (Å²) in [5, 5.41) is 12.7. The van der Waals surface area contributed by atoms with Crippen LogP contribution in [0.4, 0.5) is 18.9 Å². The van der Waals surface area contributed by atoms with Crippen LogP contribution in [0.25, 0.3) is 0 Å². The molecule has 0 atom stereocenters. The van der Waals surface area contributed by atoms with Gasteiger partial charge in [0.15, 0.2) is 5.69 Å². The molecule has 0 amide bonds. The fraction of sp³-hybridized carbons (Fsp3) is 0.167. The zero-order valence-corrected chi connectivity index (χ0v) is 13.3. The van der Waals surface area contributed by atoms with E-state index in [2.05, 4.69) is 17.7 Å². The molecule has 0 N–H and O–H groups in total. The third-order valence-electron chi connectivity index (χ3n) is 2.84. The van der Waals surface area contributed by atoms with Crippen LogP contribution in [0.15, 0.2) is 18.2 Å². The van der Waals surface area contributed by atoms with Crippen molar-refractivity contribution in [3.63, 3.8) is 0 Å². The summed E-state index contributed by atoms with van der Waals surface area (Å²) in [5.41, 5.74) is -2.12. The molecule has 1 aromatic heterocycles. The molecule has 2 rings (SSSR count). The Hall–Kier alpha value is -2.27. The van der Waals surface area contributed by atoms with Crippen molar-refractivity contribution < 1.29 is 27.6 Å². The molecule has 0 fully saturated rings. The highest BCUT2D eigenvalue weighted by molar-refractivity contribution is 7.97. The number of aromatic nitrogens is 2. The van der Waals surface area contributed by atoms with Crippen LogP contribution in [0.1, 0.15) is 16.1 Å². The van der Waals surface area contributed by atoms with Gasteiger partial charge in [-0.3, -0.25) is 19.6 Å². The van der Waals surface area contributed by atoms with Gasteiger partial charge in [0.1, 0.15) is 16.3 Å². The number of aryl methyl sites for hydroxylation is 1. The minimum Gasteiger partial charge on any atom is -0.436 e. The first-order valence-corrected chi connectivity index (χ1v) is 6.84. The van der Waals surface area contributed by atoms with E-state index in [4.69, 9.17) is 16.3 Å². The van der Waals surface area contributed by atoms with E-state index in [1.54, 1.807) is 0 Å². The summed E-state index contributed by atoms with van der Waals surface area (Å²) in [4.78, 5) is 21.4. The average molecular weight is 382 g/mol. The number of alkyl halides is 3. The number of hydrogen-bond acceptors (Lipinski definition) is 5. The number of hydrogen-bond donors (Lipinski definition) is 1. The third-order valence-corrected chi connectivity index (χ3v) is 3.42. The molecule has 0 radical (unpaired) electrons. The van der Waals surface area contributed by atoms with Crippen molar-refractivity contribution in [3.8, 4) is 11.6 Å². The van der Waals surface area contributed by atoms with Crippen molar-refractivity contribution in [2.75, 3.05) is 0 Å². The van der Waals surface area contributed by atoms with E-state index in [9.17, 15) is 28.1 Å². The van der Waals surface area contributed by atoms with Crippen molar-refractivity contribution in [2.24, 2.45) is 7.05 Å². The first-order chi connectivity index (χ1) is 11.0. The van der Waals surface area contributed by atoms with Gasteiger partial charge in [-0.2, -0.15) is 13.2 Å². The van der Waals surface area contributed by atoms with E-state index < -0.39 is 38.5 Å². The van der Waals surface area contributed by atoms with E-state index in [0.717, 1.165) is 25.2 Å². The average Bonchev–Trinajstić information content (AvgIpc) is 2.72. The van der Waals surface area contributed by atoms with Crippen LogP contribution in [0, 0.1) is 10.1 Å². The number of nitro groups is 1. The summed E-state index contributed by atoms with van der Waals surface area (Å²) in [5.74, 6) is -0.718. The topological polar surface area (TPSA) is 87.3 Å². The van der Waals surface area contributed by atoms with Crippen molar-refractivity contribution in [3.05, 3.63) is 44.6 Å². The molecule has 2 aromatic rings. The molecule has 7 nitrogen and oxygen atoms in total. The molecule has 0 bridgehead atoms. The lowest BCUT2D eigenvalue weighted by molar-refractivity contribution is -0.385. The second-order valence-corrected chi connectivity index (χ2v) is 5.22. The molecular weight excluding hydrogens is 375 g/mol. The Kier molecular flexibility index (Phi) is 4.76. The van der Waals surface area contributed by atoms with Gasteiger partial charge in [-0.05, 0) is 12.1 Å². The highest BCUT2D eigenvalue weighted by atomic mass is 35.5. The van der Waals surface area contributed by atoms with Gasteiger partial charge in [0.05, 0.1) is 4.92 Å². The quantitative estimate of drug-likeness (QED) is 0.493. The maximum absolute atomic E-state index is 12.8. The van der Waals surface area contributed by atoms with Gasteiger partial charge in [-0.1, -0.05) is 11.6 Å². The number of carbonyl (C=O) groups is 1.